The van der Waals surface area contributed by atoms with E-state index in [1.54, 1.807) is 54.0 Å². The van der Waals surface area contributed by atoms with Gasteiger partial charge in [-0.2, -0.15) is 0 Å². The molecule has 364 valence electrons. The molecule has 0 aromatic carbocycles. The van der Waals surface area contributed by atoms with Gasteiger partial charge in [-0.1, -0.05) is 26.0 Å². The van der Waals surface area contributed by atoms with Gasteiger partial charge in [0.05, 0.1) is 12.1 Å². The molecule has 20 heteroatoms. The van der Waals surface area contributed by atoms with Gasteiger partial charge in [-0.3, -0.25) is 19.2 Å². The van der Waals surface area contributed by atoms with Crippen molar-refractivity contribution in [3.8, 4) is 0 Å². The lowest BCUT2D eigenvalue weighted by Gasteiger charge is -2.33. The summed E-state index contributed by atoms with van der Waals surface area (Å²) in [6, 6.07) is -0.869. The maximum absolute atomic E-state index is 13.5. The van der Waals surface area contributed by atoms with Crippen LogP contribution in [0.15, 0.2) is 6.20 Å². The van der Waals surface area contributed by atoms with Gasteiger partial charge in [0.25, 0.3) is 0 Å². The number of aromatic nitrogens is 3. The van der Waals surface area contributed by atoms with Gasteiger partial charge in [0.1, 0.15) is 22.8 Å². The summed E-state index contributed by atoms with van der Waals surface area (Å²) < 4.78 is 29.6. The molecule has 2 aliphatic heterocycles. The second-order valence-electron chi connectivity index (χ2n) is 21.0. The van der Waals surface area contributed by atoms with E-state index >= 15 is 0 Å². The van der Waals surface area contributed by atoms with E-state index < -0.39 is 70.3 Å². The lowest BCUT2D eigenvalue weighted by molar-refractivity contribution is -0.161. The van der Waals surface area contributed by atoms with E-state index in [-0.39, 0.29) is 32.0 Å². The monoisotopic (exact) mass is 908 g/mol. The molecule has 0 bridgehead atoms. The summed E-state index contributed by atoms with van der Waals surface area (Å²) in [6.45, 7) is 28.9. The van der Waals surface area contributed by atoms with Gasteiger partial charge in [-0.25, -0.2) is 19.2 Å². The largest absolute Gasteiger partial charge is 0.444 e. The first kappa shape index (κ1) is 53.6. The van der Waals surface area contributed by atoms with E-state index in [0.29, 0.717) is 77.3 Å². The van der Waals surface area contributed by atoms with Gasteiger partial charge in [0.15, 0.2) is 6.10 Å². The topological polar surface area (TPSA) is 216 Å². The Morgan fingerprint density at radius 1 is 0.750 bits per heavy atom. The zero-order valence-corrected chi connectivity index (χ0v) is 41.0. The van der Waals surface area contributed by atoms with Crippen molar-refractivity contribution in [2.75, 3.05) is 58.9 Å². The molecular formula is C44H77N9O11. The molecule has 2 aliphatic rings. The van der Waals surface area contributed by atoms with Crippen LogP contribution in [0.5, 0.6) is 0 Å². The average molecular weight is 908 g/mol. The third-order valence-corrected chi connectivity index (χ3v) is 9.71. The van der Waals surface area contributed by atoms with Crippen LogP contribution in [0.25, 0.3) is 0 Å². The van der Waals surface area contributed by atoms with Gasteiger partial charge in [0, 0.05) is 92.0 Å². The van der Waals surface area contributed by atoms with E-state index in [1.165, 1.54) is 0 Å². The predicted octanol–water partition coefficient (Wildman–Crippen LogP) is 4.69. The van der Waals surface area contributed by atoms with Crippen molar-refractivity contribution in [2.24, 2.45) is 5.41 Å². The first-order chi connectivity index (χ1) is 29.4. The molecular weight excluding hydrogens is 831 g/mol. The zero-order chi connectivity index (χ0) is 48.3. The van der Waals surface area contributed by atoms with Gasteiger partial charge in [-0.15, -0.1) is 5.10 Å². The Bertz CT molecular complexity index is 1740. The smallest absolute Gasteiger partial charge is 0.410 e. The van der Waals surface area contributed by atoms with Crippen LogP contribution in [0.1, 0.15) is 128 Å². The van der Waals surface area contributed by atoms with Crippen LogP contribution in [-0.4, -0.2) is 164 Å². The fraction of sp³-hybridized carbons (Fsp3) is 0.818. The minimum atomic E-state index is -1.12. The van der Waals surface area contributed by atoms with E-state index in [0.717, 1.165) is 0 Å². The summed E-state index contributed by atoms with van der Waals surface area (Å²) in [5, 5.41) is 14.4. The van der Waals surface area contributed by atoms with Gasteiger partial charge >= 0.3 is 24.2 Å². The molecule has 0 saturated carbocycles. The number of hydrogen-bond donors (Lipinski definition) is 2. The van der Waals surface area contributed by atoms with E-state index in [1.807, 2.05) is 68.5 Å². The van der Waals surface area contributed by atoms with Crippen LogP contribution in [0, 0.1) is 5.41 Å². The van der Waals surface area contributed by atoms with Crippen LogP contribution in [0.3, 0.4) is 0 Å². The molecule has 0 radical (unpaired) electrons. The molecule has 2 N–H and O–H groups in total. The molecule has 0 aliphatic carbocycles. The molecule has 2 fully saturated rings. The number of nitrogens with one attached hydrogen (secondary N) is 2. The van der Waals surface area contributed by atoms with Crippen molar-refractivity contribution in [3.05, 3.63) is 11.9 Å². The SMILES string of the molecule is CC(C)(C)OC(=O)N1CCCN(C(=O)OC(C)(C)C)CCN(C(=O)OC(C)(C)C)CCCN(Cc2cn(CCCNC(=O)[C@@H](NC(=O)C[C@@H]3OC(C)(C)OC3=O)C(C)(C)C)nn2)CC1. The zero-order valence-electron chi connectivity index (χ0n) is 41.0. The molecule has 3 rings (SSSR count). The lowest BCUT2D eigenvalue weighted by atomic mass is 9.86. The summed E-state index contributed by atoms with van der Waals surface area (Å²) in [4.78, 5) is 85.6. The van der Waals surface area contributed by atoms with Crippen molar-refractivity contribution in [1.82, 2.24) is 45.2 Å². The van der Waals surface area contributed by atoms with Crippen molar-refractivity contribution >= 4 is 36.1 Å². The Hall–Kier alpha value is -4.72. The maximum atomic E-state index is 13.5. The third-order valence-electron chi connectivity index (χ3n) is 9.71. The number of amides is 5. The molecule has 0 unspecified atom stereocenters. The number of aryl methyl sites for hydroxylation is 1. The summed E-state index contributed by atoms with van der Waals surface area (Å²) in [5.41, 5.74) is -2.08. The van der Waals surface area contributed by atoms with E-state index in [9.17, 15) is 28.8 Å². The Morgan fingerprint density at radius 2 is 1.23 bits per heavy atom. The molecule has 1 aromatic heterocycles. The summed E-state index contributed by atoms with van der Waals surface area (Å²) in [6.07, 6.45) is 0.616. The molecule has 1 aromatic rings. The number of esters is 1. The van der Waals surface area contributed by atoms with Crippen molar-refractivity contribution in [3.63, 3.8) is 0 Å². The number of cyclic esters (lactones) is 1. The first-order valence-electron chi connectivity index (χ1n) is 22.4. The van der Waals surface area contributed by atoms with Crippen LogP contribution in [-0.2, 0) is 51.2 Å². The number of nitrogens with zero attached hydrogens (tertiary/aromatic N) is 7. The molecule has 0 spiro atoms. The Balaban J connectivity index is 1.69. The summed E-state index contributed by atoms with van der Waals surface area (Å²) in [5.74, 6) is -2.60. The van der Waals surface area contributed by atoms with Crippen LogP contribution in [0.2, 0.25) is 0 Å². The normalized spacial score (nSPS) is 19.2. The van der Waals surface area contributed by atoms with Crippen molar-refractivity contribution < 1.29 is 52.5 Å². The van der Waals surface area contributed by atoms with Gasteiger partial charge < -0.3 is 49.0 Å². The number of carbonyl (C=O) groups excluding carboxylic acids is 6. The minimum Gasteiger partial charge on any atom is -0.444 e. The molecule has 2 saturated heterocycles. The number of hydrogen-bond acceptors (Lipinski definition) is 14. The highest BCUT2D eigenvalue weighted by molar-refractivity contribution is 5.90. The van der Waals surface area contributed by atoms with Crippen LogP contribution >= 0.6 is 0 Å². The van der Waals surface area contributed by atoms with Crippen LogP contribution < -0.4 is 10.6 Å². The summed E-state index contributed by atoms with van der Waals surface area (Å²) >= 11 is 0. The highest BCUT2D eigenvalue weighted by Crippen LogP contribution is 2.26. The second kappa shape index (κ2) is 22.5. The maximum Gasteiger partial charge on any atom is 0.410 e. The quantitative estimate of drug-likeness (QED) is 0.185. The second-order valence-corrected chi connectivity index (χ2v) is 21.0. The minimum absolute atomic E-state index is 0.207. The van der Waals surface area contributed by atoms with E-state index in [4.69, 9.17) is 23.7 Å². The Kier molecular flexibility index (Phi) is 18.8. The molecule has 3 heterocycles. The average Bonchev–Trinajstić information content (AvgIpc) is 3.67. The Labute approximate surface area is 379 Å². The third kappa shape index (κ3) is 19.6. The van der Waals surface area contributed by atoms with E-state index in [2.05, 4.69) is 25.8 Å². The number of rotatable bonds is 10. The fourth-order valence-electron chi connectivity index (χ4n) is 6.79. The lowest BCUT2D eigenvalue weighted by Crippen LogP contribution is -2.54. The molecule has 64 heavy (non-hydrogen) atoms. The predicted molar refractivity (Wildman–Crippen MR) is 237 cm³/mol. The van der Waals surface area contributed by atoms with Crippen LogP contribution in [0.4, 0.5) is 14.4 Å². The molecule has 5 amide bonds. The molecule has 2 atom stereocenters. The Morgan fingerprint density at radius 3 is 1.69 bits per heavy atom. The highest BCUT2D eigenvalue weighted by atomic mass is 16.8. The number of ether oxygens (including phenoxy) is 5. The number of carbonyl (C=O) groups is 6. The molecule has 20 nitrogen and oxygen atoms in total. The van der Waals surface area contributed by atoms with Gasteiger partial charge in [-0.05, 0) is 87.0 Å². The fourth-order valence-corrected chi connectivity index (χ4v) is 6.79. The van der Waals surface area contributed by atoms with Gasteiger partial charge in [0.2, 0.25) is 17.6 Å². The standard InChI is InChI=1S/C44H77N9O11/c1-40(2,3)34(46-33(54)28-32-36(56)61-44(13,14)60-32)35(55)45-18-15-23-53-30-31(47-48-53)29-49-19-16-20-51(38(58)63-42(7,8)9)26-27-52(39(59)64-43(10,11)12)22-17-21-50(25-24-49)37(57)62-41(4,5)6/h30,32,34H,15-29H2,1-14H3,(H,45,55)(H,46,54)/t32-,34+/m0/s1. The highest BCUT2D eigenvalue weighted by Gasteiger charge is 2.43. The van der Waals surface area contributed by atoms with Crippen molar-refractivity contribution in [2.45, 2.75) is 170 Å². The van der Waals surface area contributed by atoms with Crippen molar-refractivity contribution in [1.29, 1.82) is 0 Å². The summed E-state index contributed by atoms with van der Waals surface area (Å²) in [7, 11) is 0. The first-order valence-corrected chi connectivity index (χ1v) is 22.4.